The Bertz CT molecular complexity index is 611. The number of aryl methyl sites for hydroxylation is 1. The molecule has 2 saturated heterocycles. The van der Waals surface area contributed by atoms with Crippen LogP contribution in [0.5, 0.6) is 0 Å². The van der Waals surface area contributed by atoms with Crippen LogP contribution in [0, 0.1) is 5.92 Å². The van der Waals surface area contributed by atoms with Crippen molar-refractivity contribution >= 4 is 11.8 Å². The molecule has 1 unspecified atom stereocenters. The molecule has 8 heteroatoms. The van der Waals surface area contributed by atoms with Crippen LogP contribution in [0.15, 0.2) is 12.4 Å². The summed E-state index contributed by atoms with van der Waals surface area (Å²) >= 11 is 0. The molecule has 0 radical (unpaired) electrons. The van der Waals surface area contributed by atoms with Gasteiger partial charge in [0, 0.05) is 71.9 Å². The maximum absolute atomic E-state index is 12.8. The van der Waals surface area contributed by atoms with Gasteiger partial charge in [0.05, 0.1) is 5.92 Å². The van der Waals surface area contributed by atoms with Crippen molar-refractivity contribution < 1.29 is 14.3 Å². The molecule has 0 aromatic carbocycles. The van der Waals surface area contributed by atoms with Crippen LogP contribution in [0.3, 0.4) is 0 Å². The smallest absolute Gasteiger partial charge is 0.289 e. The van der Waals surface area contributed by atoms with Gasteiger partial charge >= 0.3 is 0 Å². The molecule has 138 valence electrons. The Balaban J connectivity index is 1.76. The fourth-order valence-electron chi connectivity index (χ4n) is 3.69. The van der Waals surface area contributed by atoms with E-state index in [0.717, 1.165) is 32.6 Å². The number of amides is 2. The molecule has 0 spiro atoms. The van der Waals surface area contributed by atoms with Crippen molar-refractivity contribution in [3.05, 3.63) is 18.2 Å². The fraction of sp³-hybridized carbons (Fsp3) is 0.706. The first kappa shape index (κ1) is 17.9. The molecule has 0 saturated carbocycles. The minimum absolute atomic E-state index is 0.0170. The number of hydrogen-bond acceptors (Lipinski definition) is 5. The van der Waals surface area contributed by atoms with Crippen molar-refractivity contribution in [3.8, 4) is 0 Å². The van der Waals surface area contributed by atoms with Gasteiger partial charge in [0.2, 0.25) is 5.91 Å². The normalized spacial score (nSPS) is 23.3. The number of nitrogens with zero attached hydrogens (tertiary/aromatic N) is 4. The van der Waals surface area contributed by atoms with E-state index in [2.05, 4.69) is 15.2 Å². The number of carbonyl (C=O) groups is 2. The molecule has 8 nitrogen and oxygen atoms in total. The monoisotopic (exact) mass is 349 g/mol. The number of aromatic nitrogens is 2. The number of nitrogens with one attached hydrogen (secondary N) is 1. The van der Waals surface area contributed by atoms with Crippen LogP contribution in [-0.4, -0.2) is 83.6 Å². The lowest BCUT2D eigenvalue weighted by atomic mass is 10.0. The predicted molar refractivity (Wildman–Crippen MR) is 92.1 cm³/mol. The van der Waals surface area contributed by atoms with Gasteiger partial charge in [-0.3, -0.25) is 14.5 Å². The predicted octanol–water partition coefficient (Wildman–Crippen LogP) is -0.281. The third-order valence-corrected chi connectivity index (χ3v) is 5.18. The van der Waals surface area contributed by atoms with Gasteiger partial charge in [-0.1, -0.05) is 0 Å². The fourth-order valence-corrected chi connectivity index (χ4v) is 3.69. The minimum atomic E-state index is -0.237. The highest BCUT2D eigenvalue weighted by molar-refractivity contribution is 5.91. The van der Waals surface area contributed by atoms with Gasteiger partial charge < -0.3 is 19.5 Å². The first-order valence-corrected chi connectivity index (χ1v) is 8.90. The lowest BCUT2D eigenvalue weighted by Gasteiger charge is -2.34. The first-order valence-electron chi connectivity index (χ1n) is 8.90. The molecule has 0 aliphatic carbocycles. The van der Waals surface area contributed by atoms with Crippen LogP contribution < -0.4 is 5.32 Å². The Labute approximate surface area is 148 Å². The van der Waals surface area contributed by atoms with Crippen LogP contribution in [0.1, 0.15) is 23.5 Å². The zero-order valence-electron chi connectivity index (χ0n) is 15.0. The summed E-state index contributed by atoms with van der Waals surface area (Å²) in [6, 6.07) is 0.420. The third-order valence-electron chi connectivity index (χ3n) is 5.18. The summed E-state index contributed by atoms with van der Waals surface area (Å²) in [5.74, 6) is 0.0431. The topological polar surface area (TPSA) is 79.7 Å². The zero-order chi connectivity index (χ0) is 17.8. The quantitative estimate of drug-likeness (QED) is 0.812. The molecule has 1 N–H and O–H groups in total. The molecule has 2 amide bonds. The average Bonchev–Trinajstić information content (AvgIpc) is 2.94. The van der Waals surface area contributed by atoms with E-state index in [9.17, 15) is 9.59 Å². The Kier molecular flexibility index (Phi) is 5.70. The van der Waals surface area contributed by atoms with E-state index < -0.39 is 0 Å². The molecule has 1 atom stereocenters. The molecule has 0 bridgehead atoms. The Hall–Kier alpha value is -1.93. The molecular formula is C17H27N5O3. The SMILES string of the molecule is CNC(=O)C1CN(C(=O)c2nccn2C)CCN(C2CCOCC2)C1. The molecule has 3 rings (SSSR count). The largest absolute Gasteiger partial charge is 0.381 e. The van der Waals surface area contributed by atoms with Crippen molar-refractivity contribution in [3.63, 3.8) is 0 Å². The first-order chi connectivity index (χ1) is 12.1. The molecule has 25 heavy (non-hydrogen) atoms. The summed E-state index contributed by atoms with van der Waals surface area (Å²) in [5, 5.41) is 2.74. The third kappa shape index (κ3) is 4.01. The van der Waals surface area contributed by atoms with Crippen LogP contribution in [-0.2, 0) is 16.6 Å². The van der Waals surface area contributed by atoms with Crippen molar-refractivity contribution in [2.24, 2.45) is 13.0 Å². The Morgan fingerprint density at radius 2 is 2.00 bits per heavy atom. The number of hydrogen-bond donors (Lipinski definition) is 1. The summed E-state index contributed by atoms with van der Waals surface area (Å²) in [7, 11) is 3.46. The van der Waals surface area contributed by atoms with E-state index in [1.807, 2.05) is 7.05 Å². The molecule has 2 aliphatic rings. The Morgan fingerprint density at radius 1 is 1.24 bits per heavy atom. The van der Waals surface area contributed by atoms with Gasteiger partial charge in [-0.05, 0) is 12.8 Å². The molecule has 2 fully saturated rings. The summed E-state index contributed by atoms with van der Waals surface area (Å²) in [6.07, 6.45) is 5.34. The second-order valence-electron chi connectivity index (χ2n) is 6.76. The van der Waals surface area contributed by atoms with Gasteiger partial charge in [0.25, 0.3) is 5.91 Å². The molecule has 1 aromatic heterocycles. The molecule has 2 aliphatic heterocycles. The van der Waals surface area contributed by atoms with E-state index >= 15 is 0 Å². The van der Waals surface area contributed by atoms with E-state index in [-0.39, 0.29) is 17.7 Å². The number of imidazole rings is 1. The number of ether oxygens (including phenoxy) is 1. The van der Waals surface area contributed by atoms with Gasteiger partial charge in [-0.2, -0.15) is 0 Å². The van der Waals surface area contributed by atoms with E-state index in [0.29, 0.717) is 31.5 Å². The summed E-state index contributed by atoms with van der Waals surface area (Å²) in [5.41, 5.74) is 0. The maximum Gasteiger partial charge on any atom is 0.289 e. The van der Waals surface area contributed by atoms with Crippen molar-refractivity contribution in [2.45, 2.75) is 18.9 Å². The number of carbonyl (C=O) groups excluding carboxylic acids is 2. The van der Waals surface area contributed by atoms with E-state index in [1.54, 1.807) is 28.9 Å². The lowest BCUT2D eigenvalue weighted by molar-refractivity contribution is -0.125. The molecule has 1 aromatic rings. The van der Waals surface area contributed by atoms with Gasteiger partial charge in [-0.25, -0.2) is 4.98 Å². The van der Waals surface area contributed by atoms with Crippen molar-refractivity contribution in [1.82, 2.24) is 24.7 Å². The van der Waals surface area contributed by atoms with Crippen LogP contribution >= 0.6 is 0 Å². The van der Waals surface area contributed by atoms with Crippen LogP contribution in [0.2, 0.25) is 0 Å². The van der Waals surface area contributed by atoms with Gasteiger partial charge in [-0.15, -0.1) is 0 Å². The molecule has 3 heterocycles. The zero-order valence-corrected chi connectivity index (χ0v) is 15.0. The van der Waals surface area contributed by atoms with Gasteiger partial charge in [0.15, 0.2) is 5.82 Å². The standard InChI is InChI=1S/C17H27N5O3/c1-18-16(23)13-11-21(14-3-9-25-10-4-14)7-8-22(12-13)17(24)15-19-5-6-20(15)2/h5-6,13-14H,3-4,7-12H2,1-2H3,(H,18,23). The van der Waals surface area contributed by atoms with Crippen LogP contribution in [0.25, 0.3) is 0 Å². The average molecular weight is 349 g/mol. The highest BCUT2D eigenvalue weighted by Crippen LogP contribution is 2.20. The summed E-state index contributed by atoms with van der Waals surface area (Å²) in [4.78, 5) is 33.5. The lowest BCUT2D eigenvalue weighted by Crippen LogP contribution is -2.45. The highest BCUT2D eigenvalue weighted by atomic mass is 16.5. The van der Waals surface area contributed by atoms with E-state index in [1.165, 1.54) is 0 Å². The number of rotatable bonds is 3. The second kappa shape index (κ2) is 7.97. The van der Waals surface area contributed by atoms with Gasteiger partial charge in [0.1, 0.15) is 0 Å². The van der Waals surface area contributed by atoms with Crippen LogP contribution in [0.4, 0.5) is 0 Å². The van der Waals surface area contributed by atoms with Crippen molar-refractivity contribution in [1.29, 1.82) is 0 Å². The summed E-state index contributed by atoms with van der Waals surface area (Å²) in [6.45, 7) is 4.01. The second-order valence-corrected chi connectivity index (χ2v) is 6.76. The minimum Gasteiger partial charge on any atom is -0.381 e. The summed E-state index contributed by atoms with van der Waals surface area (Å²) < 4.78 is 7.18. The highest BCUT2D eigenvalue weighted by Gasteiger charge is 2.34. The van der Waals surface area contributed by atoms with Crippen molar-refractivity contribution in [2.75, 3.05) is 46.4 Å². The molecular weight excluding hydrogens is 322 g/mol. The Morgan fingerprint density at radius 3 is 2.64 bits per heavy atom. The maximum atomic E-state index is 12.8. The van der Waals surface area contributed by atoms with E-state index in [4.69, 9.17) is 4.74 Å².